The highest BCUT2D eigenvalue weighted by molar-refractivity contribution is 4.94. The molecule has 0 spiro atoms. The number of hydrogen-bond donors (Lipinski definition) is 2. The Morgan fingerprint density at radius 1 is 1.11 bits per heavy atom. The van der Waals surface area contributed by atoms with E-state index in [2.05, 4.69) is 13.8 Å². The molecule has 2 N–H and O–H groups in total. The van der Waals surface area contributed by atoms with Crippen LogP contribution in [0.15, 0.2) is 0 Å². The molecular weight excluding hydrogens is 236 g/mol. The number of ether oxygens (including phenoxy) is 3. The highest BCUT2D eigenvalue weighted by Crippen LogP contribution is 2.38. The SMILES string of the molecule is CC1OCC2OC(C(C)C)C(CO)C(CO)C2O1. The van der Waals surface area contributed by atoms with E-state index in [0.717, 1.165) is 0 Å². The van der Waals surface area contributed by atoms with E-state index in [1.54, 1.807) is 0 Å². The Bertz CT molecular complexity index is 268. The van der Waals surface area contributed by atoms with Crippen LogP contribution in [0, 0.1) is 17.8 Å². The van der Waals surface area contributed by atoms with Gasteiger partial charge in [-0.2, -0.15) is 0 Å². The van der Waals surface area contributed by atoms with Gasteiger partial charge in [0.25, 0.3) is 0 Å². The molecule has 2 rings (SSSR count). The Morgan fingerprint density at radius 3 is 2.33 bits per heavy atom. The van der Waals surface area contributed by atoms with E-state index in [-0.39, 0.29) is 55.6 Å². The molecule has 0 aromatic rings. The lowest BCUT2D eigenvalue weighted by molar-refractivity contribution is -0.313. The number of rotatable bonds is 3. The molecular formula is C13H24O5. The predicted molar refractivity (Wildman–Crippen MR) is 64.9 cm³/mol. The summed E-state index contributed by atoms with van der Waals surface area (Å²) in [5.41, 5.74) is 0. The molecule has 18 heavy (non-hydrogen) atoms. The average molecular weight is 260 g/mol. The van der Waals surface area contributed by atoms with Crippen molar-refractivity contribution in [1.29, 1.82) is 0 Å². The van der Waals surface area contributed by atoms with Gasteiger partial charge in [-0.15, -0.1) is 0 Å². The molecule has 2 heterocycles. The highest BCUT2D eigenvalue weighted by atomic mass is 16.7. The Labute approximate surface area is 108 Å². The van der Waals surface area contributed by atoms with Crippen LogP contribution in [0.5, 0.6) is 0 Å². The maximum Gasteiger partial charge on any atom is 0.155 e. The van der Waals surface area contributed by atoms with Gasteiger partial charge in [-0.3, -0.25) is 0 Å². The Kier molecular flexibility index (Phi) is 4.61. The van der Waals surface area contributed by atoms with Crippen LogP contribution >= 0.6 is 0 Å². The average Bonchev–Trinajstić information content (AvgIpc) is 2.36. The molecule has 0 bridgehead atoms. The lowest BCUT2D eigenvalue weighted by atomic mass is 9.76. The van der Waals surface area contributed by atoms with E-state index in [1.807, 2.05) is 6.92 Å². The van der Waals surface area contributed by atoms with Crippen molar-refractivity contribution in [2.24, 2.45) is 17.8 Å². The summed E-state index contributed by atoms with van der Waals surface area (Å²) < 4.78 is 17.2. The molecule has 6 unspecified atom stereocenters. The fraction of sp³-hybridized carbons (Fsp3) is 1.00. The van der Waals surface area contributed by atoms with E-state index < -0.39 is 0 Å². The van der Waals surface area contributed by atoms with E-state index in [4.69, 9.17) is 14.2 Å². The third kappa shape index (κ3) is 2.56. The standard InChI is InChI=1S/C13H24O5/c1-7(2)12-9(4-14)10(5-15)13-11(18-12)6-16-8(3)17-13/h7-15H,4-6H2,1-3H3. The van der Waals surface area contributed by atoms with E-state index >= 15 is 0 Å². The lowest BCUT2D eigenvalue weighted by Gasteiger charge is -2.50. The minimum Gasteiger partial charge on any atom is -0.396 e. The minimum absolute atomic E-state index is 0.00565. The van der Waals surface area contributed by atoms with Crippen molar-refractivity contribution in [3.8, 4) is 0 Å². The van der Waals surface area contributed by atoms with Crippen molar-refractivity contribution >= 4 is 0 Å². The molecule has 0 aliphatic carbocycles. The fourth-order valence-corrected chi connectivity index (χ4v) is 3.09. The predicted octanol–water partition coefficient (Wildman–Crippen LogP) is 0.388. The van der Waals surface area contributed by atoms with Crippen LogP contribution in [0.3, 0.4) is 0 Å². The van der Waals surface area contributed by atoms with Crippen molar-refractivity contribution in [2.75, 3.05) is 19.8 Å². The van der Waals surface area contributed by atoms with Crippen molar-refractivity contribution in [3.63, 3.8) is 0 Å². The quantitative estimate of drug-likeness (QED) is 0.768. The van der Waals surface area contributed by atoms with Crippen LogP contribution in [0.25, 0.3) is 0 Å². The molecule has 5 nitrogen and oxygen atoms in total. The molecule has 6 atom stereocenters. The summed E-state index contributed by atoms with van der Waals surface area (Å²) in [4.78, 5) is 0. The monoisotopic (exact) mass is 260 g/mol. The van der Waals surface area contributed by atoms with E-state index in [0.29, 0.717) is 6.61 Å². The van der Waals surface area contributed by atoms with Gasteiger partial charge in [0.15, 0.2) is 6.29 Å². The van der Waals surface area contributed by atoms with Gasteiger partial charge in [0, 0.05) is 25.0 Å². The summed E-state index contributed by atoms with van der Waals surface area (Å²) >= 11 is 0. The van der Waals surface area contributed by atoms with E-state index in [1.165, 1.54) is 0 Å². The van der Waals surface area contributed by atoms with Gasteiger partial charge in [-0.1, -0.05) is 13.8 Å². The Hall–Kier alpha value is -0.200. The number of hydrogen-bond acceptors (Lipinski definition) is 5. The van der Waals surface area contributed by atoms with Crippen molar-refractivity contribution < 1.29 is 24.4 Å². The zero-order valence-corrected chi connectivity index (χ0v) is 11.3. The van der Waals surface area contributed by atoms with Crippen LogP contribution in [0.2, 0.25) is 0 Å². The Balaban J connectivity index is 2.18. The summed E-state index contributed by atoms with van der Waals surface area (Å²) in [7, 11) is 0. The molecule has 2 fully saturated rings. The van der Waals surface area contributed by atoms with Crippen molar-refractivity contribution in [1.82, 2.24) is 0 Å². The van der Waals surface area contributed by atoms with Gasteiger partial charge in [0.05, 0.1) is 18.8 Å². The second kappa shape index (κ2) is 5.84. The topological polar surface area (TPSA) is 68.2 Å². The zero-order chi connectivity index (χ0) is 13.3. The van der Waals surface area contributed by atoms with Crippen LogP contribution in [-0.4, -0.2) is 54.6 Å². The van der Waals surface area contributed by atoms with Crippen LogP contribution in [-0.2, 0) is 14.2 Å². The minimum atomic E-state index is -0.279. The zero-order valence-electron chi connectivity index (χ0n) is 11.3. The summed E-state index contributed by atoms with van der Waals surface area (Å²) in [6.07, 6.45) is -0.674. The normalized spacial score (nSPS) is 45.0. The largest absolute Gasteiger partial charge is 0.396 e. The van der Waals surface area contributed by atoms with Crippen LogP contribution in [0.4, 0.5) is 0 Å². The second-order valence-corrected chi connectivity index (χ2v) is 5.58. The molecule has 0 aromatic carbocycles. The Morgan fingerprint density at radius 2 is 1.78 bits per heavy atom. The van der Waals surface area contributed by atoms with Crippen LogP contribution < -0.4 is 0 Å². The molecule has 2 saturated heterocycles. The molecule has 0 radical (unpaired) electrons. The fourth-order valence-electron chi connectivity index (χ4n) is 3.09. The van der Waals surface area contributed by atoms with Crippen molar-refractivity contribution in [2.45, 2.75) is 45.4 Å². The van der Waals surface area contributed by atoms with Crippen LogP contribution in [0.1, 0.15) is 20.8 Å². The van der Waals surface area contributed by atoms with Gasteiger partial charge < -0.3 is 24.4 Å². The van der Waals surface area contributed by atoms with Gasteiger partial charge in [0.2, 0.25) is 0 Å². The molecule has 0 aromatic heterocycles. The molecule has 5 heteroatoms. The molecule has 2 aliphatic rings. The molecule has 0 amide bonds. The third-order valence-electron chi connectivity index (χ3n) is 4.01. The van der Waals surface area contributed by atoms with Gasteiger partial charge in [-0.05, 0) is 12.8 Å². The van der Waals surface area contributed by atoms with Gasteiger partial charge in [-0.25, -0.2) is 0 Å². The summed E-state index contributed by atoms with van der Waals surface area (Å²) in [6, 6.07) is 0. The van der Waals surface area contributed by atoms with E-state index in [9.17, 15) is 10.2 Å². The van der Waals surface area contributed by atoms with Gasteiger partial charge in [0.1, 0.15) is 6.10 Å². The first-order chi connectivity index (χ1) is 8.58. The summed E-state index contributed by atoms with van der Waals surface area (Å²) in [6.45, 7) is 6.48. The highest BCUT2D eigenvalue weighted by Gasteiger charge is 2.48. The molecule has 106 valence electrons. The number of aliphatic hydroxyl groups excluding tert-OH is 2. The lowest BCUT2D eigenvalue weighted by Crippen LogP contribution is -2.60. The first-order valence-corrected chi connectivity index (χ1v) is 6.72. The third-order valence-corrected chi connectivity index (χ3v) is 4.01. The smallest absolute Gasteiger partial charge is 0.155 e. The first-order valence-electron chi connectivity index (χ1n) is 6.72. The molecule has 0 saturated carbocycles. The summed E-state index contributed by atoms with van der Waals surface area (Å²) in [5, 5.41) is 19.2. The summed E-state index contributed by atoms with van der Waals surface area (Å²) in [5.74, 6) is 0.116. The number of aliphatic hydroxyl groups is 2. The van der Waals surface area contributed by atoms with Gasteiger partial charge >= 0.3 is 0 Å². The maximum atomic E-state index is 9.63. The maximum absolute atomic E-state index is 9.63. The second-order valence-electron chi connectivity index (χ2n) is 5.58. The first kappa shape index (κ1) is 14.2. The van der Waals surface area contributed by atoms with Crippen molar-refractivity contribution in [3.05, 3.63) is 0 Å². The number of fused-ring (bicyclic) bond motifs is 1. The molecule has 2 aliphatic heterocycles.